The lowest BCUT2D eigenvalue weighted by atomic mass is 10.3. The van der Waals surface area contributed by atoms with Crippen molar-refractivity contribution in [3.05, 3.63) is 60.4 Å². The summed E-state index contributed by atoms with van der Waals surface area (Å²) >= 11 is 0. The fourth-order valence-corrected chi connectivity index (χ4v) is 2.96. The van der Waals surface area contributed by atoms with Gasteiger partial charge in [-0.15, -0.1) is 10.2 Å². The molecule has 2 aromatic heterocycles. The Labute approximate surface area is 159 Å². The highest BCUT2D eigenvalue weighted by atomic mass is 19.2. The summed E-state index contributed by atoms with van der Waals surface area (Å²) in [7, 11) is 0. The van der Waals surface area contributed by atoms with E-state index in [9.17, 15) is 13.6 Å². The smallest absolute Gasteiger partial charge is 0.321 e. The Kier molecular flexibility index (Phi) is 4.88. The molecule has 4 rings (SSSR count). The van der Waals surface area contributed by atoms with E-state index >= 15 is 0 Å². The third-order valence-electron chi connectivity index (χ3n) is 4.49. The van der Waals surface area contributed by atoms with Gasteiger partial charge < -0.3 is 19.5 Å². The summed E-state index contributed by atoms with van der Waals surface area (Å²) in [5.41, 5.74) is 0.865. The summed E-state index contributed by atoms with van der Waals surface area (Å²) in [6.45, 7) is 2.11. The first-order chi connectivity index (χ1) is 13.6. The summed E-state index contributed by atoms with van der Waals surface area (Å²) in [5.74, 6) is -0.585. The topological polar surface area (TPSA) is 74.5 Å². The number of carbonyl (C=O) groups is 1. The number of furan rings is 1. The van der Waals surface area contributed by atoms with Gasteiger partial charge in [-0.05, 0) is 36.4 Å². The molecule has 7 nitrogen and oxygen atoms in total. The third kappa shape index (κ3) is 3.78. The Balaban J connectivity index is 1.33. The molecular formula is C19H17F2N5O2. The van der Waals surface area contributed by atoms with E-state index in [4.69, 9.17) is 4.42 Å². The van der Waals surface area contributed by atoms with Gasteiger partial charge >= 0.3 is 6.03 Å². The van der Waals surface area contributed by atoms with E-state index in [1.54, 1.807) is 17.2 Å². The van der Waals surface area contributed by atoms with Gasteiger partial charge in [-0.1, -0.05) is 0 Å². The Morgan fingerprint density at radius 1 is 1.00 bits per heavy atom. The van der Waals surface area contributed by atoms with Crippen molar-refractivity contribution >= 4 is 17.5 Å². The number of nitrogens with zero attached hydrogens (tertiary/aromatic N) is 4. The summed E-state index contributed by atoms with van der Waals surface area (Å²) in [4.78, 5) is 16.0. The molecule has 3 heterocycles. The molecular weight excluding hydrogens is 368 g/mol. The van der Waals surface area contributed by atoms with E-state index in [-0.39, 0.29) is 11.7 Å². The molecule has 0 aliphatic carbocycles. The van der Waals surface area contributed by atoms with Crippen molar-refractivity contribution in [3.63, 3.8) is 0 Å². The Hall–Kier alpha value is -3.49. The van der Waals surface area contributed by atoms with Crippen LogP contribution in [0.3, 0.4) is 0 Å². The van der Waals surface area contributed by atoms with Crippen molar-refractivity contribution in [2.75, 3.05) is 36.4 Å². The van der Waals surface area contributed by atoms with E-state index in [0.29, 0.717) is 37.6 Å². The monoisotopic (exact) mass is 385 g/mol. The Morgan fingerprint density at radius 3 is 2.46 bits per heavy atom. The number of anilines is 2. The zero-order valence-corrected chi connectivity index (χ0v) is 14.8. The van der Waals surface area contributed by atoms with Crippen LogP contribution in [0.5, 0.6) is 0 Å². The van der Waals surface area contributed by atoms with Crippen LogP contribution < -0.4 is 10.2 Å². The maximum atomic E-state index is 13.3. The summed E-state index contributed by atoms with van der Waals surface area (Å²) in [5, 5.41) is 11.0. The van der Waals surface area contributed by atoms with E-state index in [2.05, 4.69) is 15.5 Å². The molecule has 1 aliphatic heterocycles. The fourth-order valence-electron chi connectivity index (χ4n) is 2.96. The number of nitrogens with one attached hydrogen (secondary N) is 1. The molecule has 0 spiro atoms. The number of carbonyl (C=O) groups excluding carboxylic acids is 1. The average molecular weight is 385 g/mol. The minimum atomic E-state index is -1.00. The number of rotatable bonds is 3. The van der Waals surface area contributed by atoms with Crippen molar-refractivity contribution < 1.29 is 18.0 Å². The fraction of sp³-hybridized carbons (Fsp3) is 0.211. The van der Waals surface area contributed by atoms with Gasteiger partial charge in [-0.3, -0.25) is 0 Å². The lowest BCUT2D eigenvalue weighted by Crippen LogP contribution is -2.50. The molecule has 9 heteroatoms. The summed E-state index contributed by atoms with van der Waals surface area (Å²) in [6.07, 6.45) is 1.58. The molecule has 144 valence electrons. The number of benzene rings is 1. The van der Waals surface area contributed by atoms with Gasteiger partial charge in [-0.25, -0.2) is 13.6 Å². The highest BCUT2D eigenvalue weighted by Crippen LogP contribution is 2.20. The highest BCUT2D eigenvalue weighted by molar-refractivity contribution is 5.89. The van der Waals surface area contributed by atoms with Gasteiger partial charge in [0.2, 0.25) is 0 Å². The molecule has 1 aliphatic rings. The molecule has 3 aromatic rings. The van der Waals surface area contributed by atoms with Crippen molar-refractivity contribution in [3.8, 4) is 11.5 Å². The normalized spacial score (nSPS) is 14.2. The van der Waals surface area contributed by atoms with Crippen LogP contribution in [0.4, 0.5) is 25.1 Å². The maximum absolute atomic E-state index is 13.3. The van der Waals surface area contributed by atoms with Crippen LogP contribution in [-0.2, 0) is 0 Å². The second kappa shape index (κ2) is 7.63. The first-order valence-corrected chi connectivity index (χ1v) is 8.74. The highest BCUT2D eigenvalue weighted by Gasteiger charge is 2.22. The molecule has 28 heavy (non-hydrogen) atoms. The third-order valence-corrected chi connectivity index (χ3v) is 4.49. The maximum Gasteiger partial charge on any atom is 0.321 e. The number of piperazine rings is 1. The van der Waals surface area contributed by atoms with Gasteiger partial charge in [0.1, 0.15) is 5.69 Å². The minimum Gasteiger partial charge on any atom is -0.463 e. The molecule has 0 radical (unpaired) electrons. The number of amides is 2. The van der Waals surface area contributed by atoms with Crippen LogP contribution in [0.15, 0.2) is 53.1 Å². The lowest BCUT2D eigenvalue weighted by Gasteiger charge is -2.35. The minimum absolute atomic E-state index is 0.214. The number of aromatic nitrogens is 2. The Bertz CT molecular complexity index is 955. The summed E-state index contributed by atoms with van der Waals surface area (Å²) < 4.78 is 31.5. The van der Waals surface area contributed by atoms with Crippen LogP contribution in [0.2, 0.25) is 0 Å². The first-order valence-electron chi connectivity index (χ1n) is 8.74. The standard InChI is InChI=1S/C19H17F2N5O2/c20-14-4-3-13(12-15(14)21)22-19(27)26-9-7-25(8-10-26)18-6-5-16(23-24-18)17-2-1-11-28-17/h1-6,11-12H,7-10H2,(H,22,27). The second-order valence-corrected chi connectivity index (χ2v) is 6.29. The van der Waals surface area contributed by atoms with Gasteiger partial charge in [-0.2, -0.15) is 0 Å². The van der Waals surface area contributed by atoms with Gasteiger partial charge in [0.15, 0.2) is 23.2 Å². The van der Waals surface area contributed by atoms with Crippen molar-refractivity contribution in [1.29, 1.82) is 0 Å². The lowest BCUT2D eigenvalue weighted by molar-refractivity contribution is 0.208. The SMILES string of the molecule is O=C(Nc1ccc(F)c(F)c1)N1CCN(c2ccc(-c3ccco3)nn2)CC1. The van der Waals surface area contributed by atoms with Gasteiger partial charge in [0, 0.05) is 37.9 Å². The van der Waals surface area contributed by atoms with E-state index < -0.39 is 11.6 Å². The molecule has 2 amide bonds. The molecule has 0 bridgehead atoms. The van der Waals surface area contributed by atoms with E-state index in [1.165, 1.54) is 6.07 Å². The quantitative estimate of drug-likeness (QED) is 0.748. The molecule has 0 saturated carbocycles. The molecule has 0 unspecified atom stereocenters. The zero-order chi connectivity index (χ0) is 19.5. The Morgan fingerprint density at radius 2 is 1.82 bits per heavy atom. The van der Waals surface area contributed by atoms with Crippen LogP contribution >= 0.6 is 0 Å². The van der Waals surface area contributed by atoms with Crippen LogP contribution in [0, 0.1) is 11.6 Å². The molecule has 1 saturated heterocycles. The van der Waals surface area contributed by atoms with E-state index in [0.717, 1.165) is 18.0 Å². The molecule has 1 fully saturated rings. The molecule has 1 aromatic carbocycles. The zero-order valence-electron chi connectivity index (χ0n) is 14.8. The summed E-state index contributed by atoms with van der Waals surface area (Å²) in [6, 6.07) is 10.2. The number of hydrogen-bond donors (Lipinski definition) is 1. The second-order valence-electron chi connectivity index (χ2n) is 6.29. The molecule has 0 atom stereocenters. The van der Waals surface area contributed by atoms with Crippen molar-refractivity contribution in [2.24, 2.45) is 0 Å². The van der Waals surface area contributed by atoms with E-state index in [1.807, 2.05) is 23.1 Å². The largest absolute Gasteiger partial charge is 0.463 e. The average Bonchev–Trinajstić information content (AvgIpc) is 3.26. The number of urea groups is 1. The first kappa shape index (κ1) is 17.9. The number of hydrogen-bond acceptors (Lipinski definition) is 5. The van der Waals surface area contributed by atoms with Gasteiger partial charge in [0.25, 0.3) is 0 Å². The van der Waals surface area contributed by atoms with Crippen molar-refractivity contribution in [1.82, 2.24) is 15.1 Å². The number of halogens is 2. The van der Waals surface area contributed by atoms with Crippen LogP contribution in [0.25, 0.3) is 11.5 Å². The van der Waals surface area contributed by atoms with Crippen LogP contribution in [-0.4, -0.2) is 47.3 Å². The predicted molar refractivity (Wildman–Crippen MR) is 98.9 cm³/mol. The molecule has 1 N–H and O–H groups in total. The van der Waals surface area contributed by atoms with Crippen LogP contribution in [0.1, 0.15) is 0 Å². The van der Waals surface area contributed by atoms with Crippen molar-refractivity contribution in [2.45, 2.75) is 0 Å². The predicted octanol–water partition coefficient (Wildman–Crippen LogP) is 3.37. The van der Waals surface area contributed by atoms with Gasteiger partial charge in [0.05, 0.1) is 6.26 Å².